The third-order valence-electron chi connectivity index (χ3n) is 9.95. The minimum Gasteiger partial charge on any atom is -0.508 e. The van der Waals surface area contributed by atoms with Crippen LogP contribution in [-0.2, 0) is 22.3 Å². The van der Waals surface area contributed by atoms with Crippen molar-refractivity contribution in [1.29, 1.82) is 0 Å². The number of rotatable bonds is 18. The lowest BCUT2D eigenvalue weighted by molar-refractivity contribution is -0.162. The summed E-state index contributed by atoms with van der Waals surface area (Å²) in [7, 11) is 0. The molecule has 0 spiro atoms. The predicted octanol–water partition coefficient (Wildman–Crippen LogP) is 11.4. The number of benzene rings is 1. The molecule has 0 aromatic heterocycles. The summed E-state index contributed by atoms with van der Waals surface area (Å²) in [6.07, 6.45) is 26.8. The Hall–Kier alpha value is -1.06. The fraction of sp³-hybridized carbons (Fsp3) is 0.842. The van der Waals surface area contributed by atoms with E-state index in [-0.39, 0.29) is 22.4 Å². The molecule has 0 bridgehead atoms. The molecular weight excluding hydrogens is 504 g/mol. The highest BCUT2D eigenvalue weighted by Crippen LogP contribution is 2.43. The average molecular weight is 571 g/mol. The summed E-state index contributed by atoms with van der Waals surface area (Å²) in [4.78, 5) is 0. The van der Waals surface area contributed by atoms with E-state index in [4.69, 9.17) is 9.47 Å². The summed E-state index contributed by atoms with van der Waals surface area (Å²) in [5, 5.41) is 11.2. The Morgan fingerprint density at radius 2 is 1.10 bits per heavy atom. The Bertz CT molecular complexity index is 874. The Morgan fingerprint density at radius 3 is 1.56 bits per heavy atom. The molecule has 1 aromatic rings. The van der Waals surface area contributed by atoms with Gasteiger partial charge in [0.15, 0.2) is 0 Å². The van der Waals surface area contributed by atoms with Crippen molar-refractivity contribution in [1.82, 2.24) is 0 Å². The van der Waals surface area contributed by atoms with Crippen LogP contribution in [0.1, 0.15) is 181 Å². The zero-order valence-corrected chi connectivity index (χ0v) is 28.1. The molecule has 0 saturated heterocycles. The molecule has 2 aliphatic carbocycles. The van der Waals surface area contributed by atoms with Crippen molar-refractivity contribution in [3.8, 4) is 5.75 Å². The molecule has 3 rings (SSSR count). The third kappa shape index (κ3) is 11.2. The SMILES string of the molecule is CCCCCCC1(OC(C)(C)Cc2cccc(O)c2CC(C)(C)OC2(CCCCCC)CCCCC2)CCCCC1. The number of ether oxygens (including phenoxy) is 2. The molecule has 3 nitrogen and oxygen atoms in total. The first-order chi connectivity index (χ1) is 19.5. The van der Waals surface area contributed by atoms with E-state index in [0.29, 0.717) is 5.75 Å². The maximum absolute atomic E-state index is 11.2. The van der Waals surface area contributed by atoms with Crippen molar-refractivity contribution < 1.29 is 14.6 Å². The van der Waals surface area contributed by atoms with Gasteiger partial charge < -0.3 is 14.6 Å². The fourth-order valence-corrected chi connectivity index (χ4v) is 8.07. The van der Waals surface area contributed by atoms with Gasteiger partial charge in [-0.15, -0.1) is 0 Å². The number of aromatic hydroxyl groups is 1. The van der Waals surface area contributed by atoms with Crippen LogP contribution < -0.4 is 0 Å². The van der Waals surface area contributed by atoms with Crippen molar-refractivity contribution in [3.63, 3.8) is 0 Å². The lowest BCUT2D eigenvalue weighted by Crippen LogP contribution is -2.45. The van der Waals surface area contributed by atoms with Gasteiger partial charge in [0.2, 0.25) is 0 Å². The first-order valence-electron chi connectivity index (χ1n) is 17.7. The van der Waals surface area contributed by atoms with Gasteiger partial charge in [0.25, 0.3) is 0 Å². The van der Waals surface area contributed by atoms with Crippen LogP contribution in [0, 0.1) is 0 Å². The Kier molecular flexibility index (Phi) is 13.5. The second kappa shape index (κ2) is 16.1. The monoisotopic (exact) mass is 571 g/mol. The van der Waals surface area contributed by atoms with E-state index in [2.05, 4.69) is 47.6 Å². The van der Waals surface area contributed by atoms with Crippen LogP contribution in [0.3, 0.4) is 0 Å². The number of unbranched alkanes of at least 4 members (excludes halogenated alkanes) is 6. The standard InChI is InChI=1S/C38H66O3/c1-7-9-11-15-24-37(26-17-13-18-27-37)40-35(3,4)30-32-22-21-23-34(39)33(32)31-36(5,6)41-38(25-16-12-10-8-2)28-19-14-20-29-38/h21-23,39H,7-20,24-31H2,1-6H3. The zero-order chi connectivity index (χ0) is 29.8. The van der Waals surface area contributed by atoms with E-state index in [1.165, 1.54) is 134 Å². The average Bonchev–Trinajstić information content (AvgIpc) is 2.91. The van der Waals surface area contributed by atoms with E-state index in [1.807, 2.05) is 12.1 Å². The van der Waals surface area contributed by atoms with Gasteiger partial charge in [0.1, 0.15) is 5.75 Å². The Labute approximate surface area is 254 Å². The van der Waals surface area contributed by atoms with Gasteiger partial charge in [-0.3, -0.25) is 0 Å². The summed E-state index contributed by atoms with van der Waals surface area (Å²) in [5.41, 5.74) is 1.63. The molecule has 0 aliphatic heterocycles. The van der Waals surface area contributed by atoms with Crippen LogP contribution in [0.25, 0.3) is 0 Å². The Morgan fingerprint density at radius 1 is 0.634 bits per heavy atom. The van der Waals surface area contributed by atoms with Gasteiger partial charge in [-0.2, -0.15) is 0 Å². The largest absolute Gasteiger partial charge is 0.508 e. The molecule has 2 fully saturated rings. The first-order valence-corrected chi connectivity index (χ1v) is 17.7. The minimum absolute atomic E-state index is 0.00637. The van der Waals surface area contributed by atoms with Crippen LogP contribution in [0.15, 0.2) is 18.2 Å². The van der Waals surface area contributed by atoms with Crippen LogP contribution >= 0.6 is 0 Å². The molecule has 0 unspecified atom stereocenters. The lowest BCUT2D eigenvalue weighted by atomic mass is 9.79. The van der Waals surface area contributed by atoms with Gasteiger partial charge in [-0.25, -0.2) is 0 Å². The van der Waals surface area contributed by atoms with Crippen LogP contribution in [0.5, 0.6) is 5.75 Å². The number of hydrogen-bond acceptors (Lipinski definition) is 3. The molecule has 41 heavy (non-hydrogen) atoms. The van der Waals surface area contributed by atoms with Gasteiger partial charge in [-0.1, -0.05) is 116 Å². The van der Waals surface area contributed by atoms with Crippen molar-refractivity contribution in [2.75, 3.05) is 0 Å². The molecule has 3 heteroatoms. The molecular formula is C38H66O3. The molecule has 1 aromatic carbocycles. The second-order valence-electron chi connectivity index (χ2n) is 15.1. The van der Waals surface area contributed by atoms with Gasteiger partial charge >= 0.3 is 0 Å². The quantitative estimate of drug-likeness (QED) is 0.178. The van der Waals surface area contributed by atoms with E-state index >= 15 is 0 Å². The van der Waals surface area contributed by atoms with Crippen molar-refractivity contribution in [2.24, 2.45) is 0 Å². The van der Waals surface area contributed by atoms with Crippen LogP contribution in [0.2, 0.25) is 0 Å². The summed E-state index contributed by atoms with van der Waals surface area (Å²) in [5.74, 6) is 0.405. The summed E-state index contributed by atoms with van der Waals surface area (Å²) >= 11 is 0. The van der Waals surface area contributed by atoms with Crippen LogP contribution in [0.4, 0.5) is 0 Å². The topological polar surface area (TPSA) is 38.7 Å². The molecule has 2 aliphatic rings. The normalized spacial score (nSPS) is 19.4. The predicted molar refractivity (Wildman–Crippen MR) is 175 cm³/mol. The van der Waals surface area contributed by atoms with E-state index in [0.717, 1.165) is 18.4 Å². The van der Waals surface area contributed by atoms with E-state index in [1.54, 1.807) is 0 Å². The molecule has 0 heterocycles. The molecule has 1 N–H and O–H groups in total. The maximum Gasteiger partial charge on any atom is 0.119 e. The van der Waals surface area contributed by atoms with E-state index in [9.17, 15) is 5.11 Å². The molecule has 2 saturated carbocycles. The summed E-state index contributed by atoms with van der Waals surface area (Å²) in [6, 6.07) is 6.09. The Balaban J connectivity index is 1.74. The summed E-state index contributed by atoms with van der Waals surface area (Å²) in [6.45, 7) is 13.6. The second-order valence-corrected chi connectivity index (χ2v) is 15.1. The molecule has 236 valence electrons. The molecule has 0 atom stereocenters. The summed E-state index contributed by atoms with van der Waals surface area (Å²) < 4.78 is 14.3. The minimum atomic E-state index is -0.343. The van der Waals surface area contributed by atoms with Crippen molar-refractivity contribution in [3.05, 3.63) is 29.3 Å². The van der Waals surface area contributed by atoms with Crippen LogP contribution in [-0.4, -0.2) is 27.5 Å². The third-order valence-corrected chi connectivity index (χ3v) is 9.95. The maximum atomic E-state index is 11.2. The fourth-order valence-electron chi connectivity index (χ4n) is 8.07. The highest BCUT2D eigenvalue weighted by Gasteiger charge is 2.40. The number of phenols is 1. The molecule has 0 radical (unpaired) electrons. The van der Waals surface area contributed by atoms with Gasteiger partial charge in [0, 0.05) is 12.8 Å². The van der Waals surface area contributed by atoms with Gasteiger partial charge in [-0.05, 0) is 83.4 Å². The molecule has 0 amide bonds. The lowest BCUT2D eigenvalue weighted by Gasteiger charge is -2.45. The zero-order valence-electron chi connectivity index (χ0n) is 28.1. The first kappa shape index (κ1) is 34.4. The highest BCUT2D eigenvalue weighted by molar-refractivity contribution is 5.41. The van der Waals surface area contributed by atoms with Gasteiger partial charge in [0.05, 0.1) is 22.4 Å². The number of hydrogen-bond donors (Lipinski definition) is 1. The van der Waals surface area contributed by atoms with Crippen molar-refractivity contribution in [2.45, 2.75) is 205 Å². The highest BCUT2D eigenvalue weighted by atomic mass is 16.5. The van der Waals surface area contributed by atoms with Crippen molar-refractivity contribution >= 4 is 0 Å². The number of phenolic OH excluding ortho intramolecular Hbond substituents is 1. The smallest absolute Gasteiger partial charge is 0.119 e. The van der Waals surface area contributed by atoms with E-state index < -0.39 is 0 Å².